The molecule has 3 nitrogen and oxygen atoms in total. The summed E-state index contributed by atoms with van der Waals surface area (Å²) >= 11 is 0. The minimum atomic E-state index is -0.00213. The van der Waals surface area contributed by atoms with Crippen LogP contribution in [0.5, 0.6) is 5.75 Å². The molecular weight excluding hydrogens is 260 g/mol. The van der Waals surface area contributed by atoms with Gasteiger partial charge in [-0.05, 0) is 49.2 Å². The number of likely N-dealkylation sites (N-methyl/N-ethyl adjacent to an activating group) is 1. The molecule has 0 bridgehead atoms. The summed E-state index contributed by atoms with van der Waals surface area (Å²) in [4.78, 5) is 2.17. The fourth-order valence-electron chi connectivity index (χ4n) is 2.58. The van der Waals surface area contributed by atoms with Crippen molar-refractivity contribution in [3.8, 4) is 5.75 Å². The van der Waals surface area contributed by atoms with Crippen molar-refractivity contribution in [2.45, 2.75) is 19.9 Å². The van der Waals surface area contributed by atoms with Gasteiger partial charge in [0.15, 0.2) is 0 Å². The highest BCUT2D eigenvalue weighted by molar-refractivity contribution is 5.49. The van der Waals surface area contributed by atoms with Crippen LogP contribution in [-0.4, -0.2) is 20.7 Å². The smallest absolute Gasteiger partial charge is 0.119 e. The van der Waals surface area contributed by atoms with E-state index in [1.54, 1.807) is 7.11 Å². The fourth-order valence-corrected chi connectivity index (χ4v) is 2.58. The molecule has 2 aromatic carbocycles. The molecule has 3 heteroatoms. The van der Waals surface area contributed by atoms with Crippen molar-refractivity contribution < 1.29 is 4.74 Å². The summed E-state index contributed by atoms with van der Waals surface area (Å²) in [6, 6.07) is 14.5. The molecule has 0 aliphatic rings. The van der Waals surface area contributed by atoms with Crippen LogP contribution in [0.25, 0.3) is 0 Å². The summed E-state index contributed by atoms with van der Waals surface area (Å²) in [5, 5.41) is 0. The van der Waals surface area contributed by atoms with Gasteiger partial charge in [0.2, 0.25) is 0 Å². The second-order valence-electron chi connectivity index (χ2n) is 5.55. The van der Waals surface area contributed by atoms with Crippen molar-refractivity contribution in [3.05, 3.63) is 59.2 Å². The summed E-state index contributed by atoms with van der Waals surface area (Å²) < 4.78 is 5.18. The van der Waals surface area contributed by atoms with Crippen LogP contribution in [0.1, 0.15) is 22.7 Å². The quantitative estimate of drug-likeness (QED) is 0.914. The molecule has 2 rings (SSSR count). The molecule has 0 amide bonds. The van der Waals surface area contributed by atoms with Gasteiger partial charge in [0.05, 0.1) is 7.11 Å². The Hall–Kier alpha value is -2.00. The SMILES string of the molecule is COc1ccc(N(C)CC(N)c2ccc(C)cc2C)cc1. The first-order valence-electron chi connectivity index (χ1n) is 7.19. The monoisotopic (exact) mass is 284 g/mol. The van der Waals surface area contributed by atoms with Gasteiger partial charge in [0, 0.05) is 25.3 Å². The number of anilines is 1. The minimum absolute atomic E-state index is 0.00213. The van der Waals surface area contributed by atoms with Crippen LogP contribution >= 0.6 is 0 Å². The topological polar surface area (TPSA) is 38.5 Å². The molecule has 0 saturated carbocycles. The number of methoxy groups -OCH3 is 1. The van der Waals surface area contributed by atoms with Gasteiger partial charge in [-0.3, -0.25) is 0 Å². The van der Waals surface area contributed by atoms with E-state index in [-0.39, 0.29) is 6.04 Å². The molecule has 0 aliphatic heterocycles. The summed E-state index contributed by atoms with van der Waals surface area (Å²) in [6.45, 7) is 5.00. The maximum absolute atomic E-state index is 6.37. The van der Waals surface area contributed by atoms with Gasteiger partial charge in [0.25, 0.3) is 0 Å². The molecule has 1 unspecified atom stereocenters. The van der Waals surface area contributed by atoms with Crippen LogP contribution < -0.4 is 15.4 Å². The van der Waals surface area contributed by atoms with E-state index in [4.69, 9.17) is 10.5 Å². The first-order valence-corrected chi connectivity index (χ1v) is 7.19. The molecule has 2 N–H and O–H groups in total. The molecule has 21 heavy (non-hydrogen) atoms. The average molecular weight is 284 g/mol. The first-order chi connectivity index (χ1) is 10.0. The molecule has 0 heterocycles. The Morgan fingerprint density at radius 2 is 1.76 bits per heavy atom. The molecule has 0 saturated heterocycles. The lowest BCUT2D eigenvalue weighted by molar-refractivity contribution is 0.415. The number of benzene rings is 2. The number of hydrogen-bond acceptors (Lipinski definition) is 3. The number of rotatable bonds is 5. The molecule has 0 aliphatic carbocycles. The lowest BCUT2D eigenvalue weighted by atomic mass is 9.99. The minimum Gasteiger partial charge on any atom is -0.497 e. The Bertz CT molecular complexity index is 593. The third-order valence-corrected chi connectivity index (χ3v) is 3.81. The summed E-state index contributed by atoms with van der Waals surface area (Å²) in [5.41, 5.74) is 11.2. The zero-order valence-corrected chi connectivity index (χ0v) is 13.3. The van der Waals surface area contributed by atoms with Gasteiger partial charge in [-0.15, -0.1) is 0 Å². The van der Waals surface area contributed by atoms with Gasteiger partial charge in [-0.1, -0.05) is 23.8 Å². The van der Waals surface area contributed by atoms with Crippen molar-refractivity contribution >= 4 is 5.69 Å². The highest BCUT2D eigenvalue weighted by Crippen LogP contribution is 2.22. The first kappa shape index (κ1) is 15.4. The fraction of sp³-hybridized carbons (Fsp3) is 0.333. The summed E-state index contributed by atoms with van der Waals surface area (Å²) in [7, 11) is 3.74. The highest BCUT2D eigenvalue weighted by atomic mass is 16.5. The Balaban J connectivity index is 2.08. The highest BCUT2D eigenvalue weighted by Gasteiger charge is 2.12. The third kappa shape index (κ3) is 3.76. The molecule has 0 spiro atoms. The maximum Gasteiger partial charge on any atom is 0.119 e. The summed E-state index contributed by atoms with van der Waals surface area (Å²) in [5.74, 6) is 0.867. The van der Waals surface area contributed by atoms with Crippen molar-refractivity contribution in [3.63, 3.8) is 0 Å². The predicted molar refractivity (Wildman–Crippen MR) is 89.1 cm³/mol. The Morgan fingerprint density at radius 1 is 1.10 bits per heavy atom. The lowest BCUT2D eigenvalue weighted by Crippen LogP contribution is -2.29. The van der Waals surface area contributed by atoms with Gasteiger partial charge in [-0.2, -0.15) is 0 Å². The molecule has 0 fully saturated rings. The molecule has 0 aromatic heterocycles. The van der Waals surface area contributed by atoms with Crippen LogP contribution in [0.15, 0.2) is 42.5 Å². The van der Waals surface area contributed by atoms with Crippen molar-refractivity contribution in [1.82, 2.24) is 0 Å². The lowest BCUT2D eigenvalue weighted by Gasteiger charge is -2.25. The van der Waals surface area contributed by atoms with Crippen molar-refractivity contribution in [2.75, 3.05) is 25.6 Å². The van der Waals surface area contributed by atoms with E-state index in [2.05, 4.69) is 44.0 Å². The summed E-state index contributed by atoms with van der Waals surface area (Å²) in [6.07, 6.45) is 0. The second-order valence-corrected chi connectivity index (χ2v) is 5.55. The van der Waals surface area contributed by atoms with Crippen LogP contribution in [0.4, 0.5) is 5.69 Å². The van der Waals surface area contributed by atoms with Crippen LogP contribution in [-0.2, 0) is 0 Å². The standard InChI is InChI=1S/C18H24N2O/c1-13-5-10-17(14(2)11-13)18(19)12-20(3)15-6-8-16(21-4)9-7-15/h5-11,18H,12,19H2,1-4H3. The van der Waals surface area contributed by atoms with Crippen molar-refractivity contribution in [1.29, 1.82) is 0 Å². The number of nitrogens with zero attached hydrogens (tertiary/aromatic N) is 1. The van der Waals surface area contributed by atoms with Crippen molar-refractivity contribution in [2.24, 2.45) is 5.73 Å². The molecule has 0 radical (unpaired) electrons. The Morgan fingerprint density at radius 3 is 2.33 bits per heavy atom. The Labute approximate surface area is 127 Å². The van der Waals surface area contributed by atoms with E-state index >= 15 is 0 Å². The van der Waals surface area contributed by atoms with Crippen LogP contribution in [0.3, 0.4) is 0 Å². The normalized spacial score (nSPS) is 12.0. The van der Waals surface area contributed by atoms with Gasteiger partial charge in [0.1, 0.15) is 5.75 Å². The Kier molecular flexibility index (Phi) is 4.86. The van der Waals surface area contributed by atoms with E-state index in [1.165, 1.54) is 16.7 Å². The van der Waals surface area contributed by atoms with Crippen LogP contribution in [0, 0.1) is 13.8 Å². The number of aryl methyl sites for hydroxylation is 2. The molecule has 2 aromatic rings. The van der Waals surface area contributed by atoms with Gasteiger partial charge >= 0.3 is 0 Å². The van der Waals surface area contributed by atoms with E-state index in [1.807, 2.05) is 24.3 Å². The van der Waals surface area contributed by atoms with E-state index in [0.29, 0.717) is 0 Å². The number of hydrogen-bond donors (Lipinski definition) is 1. The van der Waals surface area contributed by atoms with E-state index in [9.17, 15) is 0 Å². The molecular formula is C18H24N2O. The van der Waals surface area contributed by atoms with E-state index < -0.39 is 0 Å². The van der Waals surface area contributed by atoms with Gasteiger partial charge < -0.3 is 15.4 Å². The third-order valence-electron chi connectivity index (χ3n) is 3.81. The maximum atomic E-state index is 6.37. The molecule has 1 atom stereocenters. The molecule has 112 valence electrons. The largest absolute Gasteiger partial charge is 0.497 e. The van der Waals surface area contributed by atoms with E-state index in [0.717, 1.165) is 18.0 Å². The number of ether oxygens (including phenoxy) is 1. The zero-order valence-electron chi connectivity index (χ0n) is 13.3. The predicted octanol–water partition coefficient (Wildman–Crippen LogP) is 3.45. The number of nitrogens with two attached hydrogens (primary N) is 1. The van der Waals surface area contributed by atoms with Gasteiger partial charge in [-0.25, -0.2) is 0 Å². The van der Waals surface area contributed by atoms with Crippen LogP contribution in [0.2, 0.25) is 0 Å². The zero-order chi connectivity index (χ0) is 15.4. The average Bonchev–Trinajstić information content (AvgIpc) is 2.47. The second kappa shape index (κ2) is 6.64.